The van der Waals surface area contributed by atoms with E-state index in [2.05, 4.69) is 16.9 Å². The number of likely N-dealkylation sites (N-methyl/N-ethyl adjacent to an activating group) is 1. The van der Waals surface area contributed by atoms with E-state index in [1.807, 2.05) is 4.90 Å². The number of ether oxygens (including phenoxy) is 1. The normalized spacial score (nSPS) is 25.4. The number of amides is 3. The van der Waals surface area contributed by atoms with E-state index >= 15 is 0 Å². The molecule has 1 fully saturated rings. The van der Waals surface area contributed by atoms with E-state index in [9.17, 15) is 9.59 Å². The van der Waals surface area contributed by atoms with Gasteiger partial charge >= 0.3 is 6.03 Å². The topological polar surface area (TPSA) is 74.2 Å². The highest BCUT2D eigenvalue weighted by atomic mass is 32.2. The molecule has 0 bridgehead atoms. The summed E-state index contributed by atoms with van der Waals surface area (Å²) in [5, 5.41) is 3.09. The van der Waals surface area contributed by atoms with Crippen LogP contribution in [0.5, 0.6) is 0 Å². The van der Waals surface area contributed by atoms with E-state index in [1.54, 1.807) is 20.2 Å². The predicted octanol–water partition coefficient (Wildman–Crippen LogP) is 0.0999. The first-order chi connectivity index (χ1) is 9.60. The number of fused-ring (bicyclic) bond motifs is 1. The first kappa shape index (κ1) is 14.9. The van der Waals surface area contributed by atoms with E-state index in [1.165, 1.54) is 16.7 Å². The lowest BCUT2D eigenvalue weighted by Crippen LogP contribution is -2.63. The van der Waals surface area contributed by atoms with E-state index < -0.39 is 18.2 Å². The molecule has 20 heavy (non-hydrogen) atoms. The summed E-state index contributed by atoms with van der Waals surface area (Å²) in [4.78, 5) is 31.5. The summed E-state index contributed by atoms with van der Waals surface area (Å²) in [6.45, 7) is 4.82. The van der Waals surface area contributed by atoms with E-state index in [-0.39, 0.29) is 5.91 Å². The zero-order valence-corrected chi connectivity index (χ0v) is 12.4. The molecule has 110 valence electrons. The SMILES string of the molecule is C=CCN1C(SCCOC)=NC2C1C(=O)NC(=O)N2C. The molecule has 0 radical (unpaired) electrons. The van der Waals surface area contributed by atoms with E-state index in [0.29, 0.717) is 13.2 Å². The Labute approximate surface area is 122 Å². The van der Waals surface area contributed by atoms with Crippen molar-refractivity contribution in [2.75, 3.05) is 33.1 Å². The Hall–Kier alpha value is -1.54. The largest absolute Gasteiger partial charge is 0.384 e. The van der Waals surface area contributed by atoms with Crippen molar-refractivity contribution in [3.63, 3.8) is 0 Å². The van der Waals surface area contributed by atoms with Crippen LogP contribution in [-0.2, 0) is 9.53 Å². The second-order valence-electron chi connectivity index (χ2n) is 4.46. The number of rotatable bonds is 5. The maximum Gasteiger partial charge on any atom is 0.325 e. The van der Waals surface area contributed by atoms with Gasteiger partial charge in [0.25, 0.3) is 5.91 Å². The predicted molar refractivity (Wildman–Crippen MR) is 77.5 cm³/mol. The quantitative estimate of drug-likeness (QED) is 0.575. The zero-order valence-electron chi connectivity index (χ0n) is 11.5. The average Bonchev–Trinajstić information content (AvgIpc) is 2.77. The zero-order chi connectivity index (χ0) is 14.7. The molecule has 1 N–H and O–H groups in total. The Morgan fingerprint density at radius 2 is 2.30 bits per heavy atom. The number of amidine groups is 1. The van der Waals surface area contributed by atoms with Gasteiger partial charge in [-0.1, -0.05) is 17.8 Å². The number of thioether (sulfide) groups is 1. The number of carbonyl (C=O) groups excluding carboxylic acids is 2. The lowest BCUT2D eigenvalue weighted by molar-refractivity contribution is -0.126. The Kier molecular flexibility index (Phi) is 4.66. The van der Waals surface area contributed by atoms with Gasteiger partial charge in [0.15, 0.2) is 17.4 Å². The number of nitrogens with one attached hydrogen (secondary N) is 1. The molecular formula is C12H18N4O3S. The molecule has 0 spiro atoms. The second kappa shape index (κ2) is 6.27. The Bertz CT molecular complexity index is 454. The third-order valence-corrected chi connectivity index (χ3v) is 4.14. The van der Waals surface area contributed by atoms with Crippen molar-refractivity contribution in [2.45, 2.75) is 12.2 Å². The molecule has 2 aliphatic rings. The van der Waals surface area contributed by atoms with Crippen LogP contribution >= 0.6 is 11.8 Å². The van der Waals surface area contributed by atoms with Crippen molar-refractivity contribution in [2.24, 2.45) is 4.99 Å². The van der Waals surface area contributed by atoms with Crippen molar-refractivity contribution in [3.05, 3.63) is 12.7 Å². The summed E-state index contributed by atoms with van der Waals surface area (Å²) >= 11 is 1.51. The van der Waals surface area contributed by atoms with Gasteiger partial charge in [0.1, 0.15) is 0 Å². The van der Waals surface area contributed by atoms with Gasteiger partial charge in [-0.05, 0) is 0 Å². The molecule has 2 heterocycles. The van der Waals surface area contributed by atoms with Crippen LogP contribution < -0.4 is 5.32 Å². The van der Waals surface area contributed by atoms with Crippen LogP contribution in [0.1, 0.15) is 0 Å². The highest BCUT2D eigenvalue weighted by molar-refractivity contribution is 8.13. The lowest BCUT2D eigenvalue weighted by atomic mass is 10.1. The van der Waals surface area contributed by atoms with Crippen LogP contribution in [0.2, 0.25) is 0 Å². The number of hydrogen-bond acceptors (Lipinski definition) is 6. The fourth-order valence-electron chi connectivity index (χ4n) is 2.17. The Morgan fingerprint density at radius 1 is 1.55 bits per heavy atom. The molecule has 2 unspecified atom stereocenters. The molecule has 0 aliphatic carbocycles. The number of nitrogens with zero attached hydrogens (tertiary/aromatic N) is 3. The molecule has 2 rings (SSSR count). The maximum absolute atomic E-state index is 12.1. The first-order valence-electron chi connectivity index (χ1n) is 6.25. The van der Waals surface area contributed by atoms with Crippen LogP contribution in [-0.4, -0.2) is 72.2 Å². The molecule has 3 amide bonds. The summed E-state index contributed by atoms with van der Waals surface area (Å²) in [7, 11) is 3.27. The molecule has 0 aromatic carbocycles. The van der Waals surface area contributed by atoms with Crippen LogP contribution in [0.3, 0.4) is 0 Å². The molecule has 0 aromatic rings. The Balaban J connectivity index is 2.19. The van der Waals surface area contributed by atoms with Crippen molar-refractivity contribution in [1.29, 1.82) is 0 Å². The minimum atomic E-state index is -0.485. The van der Waals surface area contributed by atoms with Gasteiger partial charge in [0, 0.05) is 26.5 Å². The number of methoxy groups -OCH3 is 1. The highest BCUT2D eigenvalue weighted by Gasteiger charge is 2.48. The van der Waals surface area contributed by atoms with Gasteiger partial charge in [-0.2, -0.15) is 0 Å². The molecule has 1 saturated heterocycles. The minimum Gasteiger partial charge on any atom is -0.384 e. The van der Waals surface area contributed by atoms with Crippen molar-refractivity contribution >= 4 is 28.9 Å². The van der Waals surface area contributed by atoms with Crippen molar-refractivity contribution in [3.8, 4) is 0 Å². The number of hydrogen-bond donors (Lipinski definition) is 1. The monoisotopic (exact) mass is 298 g/mol. The van der Waals surface area contributed by atoms with E-state index in [0.717, 1.165) is 10.9 Å². The van der Waals surface area contributed by atoms with E-state index in [4.69, 9.17) is 4.74 Å². The van der Waals surface area contributed by atoms with Gasteiger partial charge in [0.05, 0.1) is 6.61 Å². The second-order valence-corrected chi connectivity index (χ2v) is 5.52. The standard InChI is InChI=1S/C12H18N4O3S/c1-4-5-16-8-9(13-12(16)20-7-6-19-3)15(2)11(18)14-10(8)17/h4,8-9H,1,5-7H2,2-3H3,(H,14,17,18). The molecule has 0 aromatic heterocycles. The van der Waals surface area contributed by atoms with Gasteiger partial charge in [-0.25, -0.2) is 9.79 Å². The third kappa shape index (κ3) is 2.66. The van der Waals surface area contributed by atoms with Crippen molar-refractivity contribution < 1.29 is 14.3 Å². The molecule has 0 saturated carbocycles. The van der Waals surface area contributed by atoms with Crippen LogP contribution in [0.15, 0.2) is 17.6 Å². The molecule has 8 heteroatoms. The fourth-order valence-corrected chi connectivity index (χ4v) is 3.14. The molecule has 2 atom stereocenters. The highest BCUT2D eigenvalue weighted by Crippen LogP contribution is 2.28. The number of aliphatic imine (C=N–C) groups is 1. The van der Waals surface area contributed by atoms with Crippen LogP contribution in [0.4, 0.5) is 4.79 Å². The minimum absolute atomic E-state index is 0.314. The van der Waals surface area contributed by atoms with Gasteiger partial charge in [0.2, 0.25) is 0 Å². The molecular weight excluding hydrogens is 280 g/mol. The lowest BCUT2D eigenvalue weighted by Gasteiger charge is -2.35. The third-order valence-electron chi connectivity index (χ3n) is 3.17. The maximum atomic E-state index is 12.1. The summed E-state index contributed by atoms with van der Waals surface area (Å²) in [6.07, 6.45) is 1.25. The summed E-state index contributed by atoms with van der Waals surface area (Å²) in [5.74, 6) is 0.424. The first-order valence-corrected chi connectivity index (χ1v) is 7.23. The van der Waals surface area contributed by atoms with Crippen LogP contribution in [0.25, 0.3) is 0 Å². The van der Waals surface area contributed by atoms with Crippen molar-refractivity contribution in [1.82, 2.24) is 15.1 Å². The average molecular weight is 298 g/mol. The number of imide groups is 1. The molecule has 2 aliphatic heterocycles. The van der Waals surface area contributed by atoms with Crippen LogP contribution in [0, 0.1) is 0 Å². The summed E-state index contributed by atoms with van der Waals surface area (Å²) in [5.41, 5.74) is 0. The number of urea groups is 1. The number of carbonyl (C=O) groups is 2. The summed E-state index contributed by atoms with van der Waals surface area (Å²) < 4.78 is 5.02. The smallest absolute Gasteiger partial charge is 0.325 e. The summed E-state index contributed by atoms with van der Waals surface area (Å²) in [6, 6.07) is -0.901. The Morgan fingerprint density at radius 3 is 2.95 bits per heavy atom. The molecule has 7 nitrogen and oxygen atoms in total. The fraction of sp³-hybridized carbons (Fsp3) is 0.583. The van der Waals surface area contributed by atoms with Gasteiger partial charge in [-0.3, -0.25) is 10.1 Å². The van der Waals surface area contributed by atoms with Gasteiger partial charge < -0.3 is 14.5 Å². The van der Waals surface area contributed by atoms with Gasteiger partial charge in [-0.15, -0.1) is 6.58 Å².